The molecule has 1 fully saturated rings. The highest BCUT2D eigenvalue weighted by atomic mass is 16.1. The van der Waals surface area contributed by atoms with Crippen LogP contribution in [0.3, 0.4) is 0 Å². The molecule has 0 aromatic heterocycles. The summed E-state index contributed by atoms with van der Waals surface area (Å²) < 4.78 is 0. The van der Waals surface area contributed by atoms with Gasteiger partial charge in [-0.3, -0.25) is 4.79 Å². The van der Waals surface area contributed by atoms with Crippen molar-refractivity contribution < 1.29 is 4.79 Å². The third-order valence-corrected chi connectivity index (χ3v) is 4.63. The fourth-order valence-electron chi connectivity index (χ4n) is 3.42. The molecule has 1 aromatic rings. The third kappa shape index (κ3) is 3.14. The highest BCUT2D eigenvalue weighted by molar-refractivity contribution is 5.95. The van der Waals surface area contributed by atoms with Crippen LogP contribution >= 0.6 is 0 Å². The zero-order chi connectivity index (χ0) is 14.9. The lowest BCUT2D eigenvalue weighted by molar-refractivity contribution is 0.1000. The van der Waals surface area contributed by atoms with E-state index >= 15 is 0 Å². The molecular weight excluding hydrogens is 248 g/mol. The molecule has 0 bridgehead atoms. The van der Waals surface area contributed by atoms with E-state index in [1.165, 1.54) is 19.3 Å². The molecule has 3 heteroatoms. The minimum Gasteiger partial charge on any atom is -0.382 e. The maximum absolute atomic E-state index is 11.4. The number of primary amides is 1. The van der Waals surface area contributed by atoms with Gasteiger partial charge in [0.15, 0.2) is 0 Å². The molecule has 1 aliphatic carbocycles. The van der Waals surface area contributed by atoms with Crippen LogP contribution in [0.5, 0.6) is 0 Å². The minimum absolute atomic E-state index is 0.357. The van der Waals surface area contributed by atoms with Gasteiger partial charge in [-0.2, -0.15) is 0 Å². The van der Waals surface area contributed by atoms with Gasteiger partial charge in [0.2, 0.25) is 5.91 Å². The van der Waals surface area contributed by atoms with E-state index in [-0.39, 0.29) is 5.91 Å². The van der Waals surface area contributed by atoms with Crippen LogP contribution in [-0.4, -0.2) is 11.9 Å². The zero-order valence-corrected chi connectivity index (χ0v) is 13.0. The van der Waals surface area contributed by atoms with Crippen LogP contribution in [-0.2, 0) is 0 Å². The van der Waals surface area contributed by atoms with Crippen molar-refractivity contribution in [1.29, 1.82) is 0 Å². The lowest BCUT2D eigenvalue weighted by Crippen LogP contribution is -2.37. The number of carbonyl (C=O) groups is 1. The Bertz CT molecular complexity index is 508. The van der Waals surface area contributed by atoms with E-state index in [1.807, 2.05) is 19.1 Å². The average molecular weight is 274 g/mol. The molecule has 0 radical (unpaired) electrons. The van der Waals surface area contributed by atoms with E-state index in [1.54, 1.807) is 6.07 Å². The van der Waals surface area contributed by atoms with Crippen LogP contribution in [0.15, 0.2) is 18.2 Å². The van der Waals surface area contributed by atoms with Crippen molar-refractivity contribution in [2.24, 2.45) is 17.1 Å². The molecule has 0 spiro atoms. The summed E-state index contributed by atoms with van der Waals surface area (Å²) in [5, 5.41) is 3.62. The van der Waals surface area contributed by atoms with Crippen LogP contribution in [0.1, 0.15) is 56.0 Å². The Morgan fingerprint density at radius 3 is 2.70 bits per heavy atom. The second-order valence-corrected chi connectivity index (χ2v) is 6.98. The van der Waals surface area contributed by atoms with Crippen molar-refractivity contribution in [3.63, 3.8) is 0 Å². The highest BCUT2D eigenvalue weighted by Crippen LogP contribution is 2.39. The summed E-state index contributed by atoms with van der Waals surface area (Å²) in [5.41, 5.74) is 8.46. The molecule has 0 saturated heterocycles. The number of anilines is 1. The van der Waals surface area contributed by atoms with Crippen molar-refractivity contribution in [2.75, 3.05) is 5.32 Å². The smallest absolute Gasteiger partial charge is 0.249 e. The molecular formula is C17H26N2O. The number of amides is 1. The molecule has 2 rings (SSSR count). The summed E-state index contributed by atoms with van der Waals surface area (Å²) in [5.74, 6) is 0.277. The standard InChI is InChI=1S/C17H26N2O/c1-11-10-17(3,4)9-8-14(11)19-15-7-5-6-13(12(15)2)16(18)20/h5-7,11,14,19H,8-10H2,1-4H3,(H2,18,20). The Hall–Kier alpha value is -1.51. The quantitative estimate of drug-likeness (QED) is 0.882. The summed E-state index contributed by atoms with van der Waals surface area (Å²) in [7, 11) is 0. The molecule has 0 heterocycles. The van der Waals surface area contributed by atoms with Gasteiger partial charge in [0.25, 0.3) is 0 Å². The van der Waals surface area contributed by atoms with Crippen LogP contribution in [0.4, 0.5) is 5.69 Å². The average Bonchev–Trinajstić information content (AvgIpc) is 2.34. The first-order valence-electron chi connectivity index (χ1n) is 7.46. The van der Waals surface area contributed by atoms with Crippen LogP contribution in [0, 0.1) is 18.3 Å². The number of nitrogens with one attached hydrogen (secondary N) is 1. The predicted molar refractivity (Wildman–Crippen MR) is 83.9 cm³/mol. The highest BCUT2D eigenvalue weighted by Gasteiger charge is 2.32. The second kappa shape index (κ2) is 5.47. The Balaban J connectivity index is 2.15. The molecule has 0 aliphatic heterocycles. The summed E-state index contributed by atoms with van der Waals surface area (Å²) in [4.78, 5) is 11.4. The number of carbonyl (C=O) groups excluding carboxylic acids is 1. The van der Waals surface area contributed by atoms with Gasteiger partial charge in [0.05, 0.1) is 0 Å². The van der Waals surface area contributed by atoms with Crippen molar-refractivity contribution >= 4 is 11.6 Å². The van der Waals surface area contributed by atoms with Gasteiger partial charge < -0.3 is 11.1 Å². The lowest BCUT2D eigenvalue weighted by atomic mass is 9.70. The van der Waals surface area contributed by atoms with Gasteiger partial charge in [-0.1, -0.05) is 26.8 Å². The Kier molecular flexibility index (Phi) is 4.07. The van der Waals surface area contributed by atoms with Crippen molar-refractivity contribution in [3.05, 3.63) is 29.3 Å². The molecule has 2 unspecified atom stereocenters. The lowest BCUT2D eigenvalue weighted by Gasteiger charge is -2.40. The van der Waals surface area contributed by atoms with Gasteiger partial charge in [0.1, 0.15) is 0 Å². The number of benzene rings is 1. The predicted octanol–water partition coefficient (Wildman–Crippen LogP) is 3.72. The maximum atomic E-state index is 11.4. The van der Waals surface area contributed by atoms with Crippen molar-refractivity contribution in [1.82, 2.24) is 0 Å². The normalized spacial score (nSPS) is 25.2. The first-order chi connectivity index (χ1) is 9.30. The molecule has 1 aromatic carbocycles. The molecule has 1 amide bonds. The number of rotatable bonds is 3. The molecule has 1 aliphatic rings. The second-order valence-electron chi connectivity index (χ2n) is 6.98. The number of hydrogen-bond donors (Lipinski definition) is 2. The van der Waals surface area contributed by atoms with Crippen molar-refractivity contribution in [3.8, 4) is 0 Å². The summed E-state index contributed by atoms with van der Waals surface area (Å²) in [6, 6.07) is 6.20. The van der Waals surface area contributed by atoms with Gasteiger partial charge in [0, 0.05) is 17.3 Å². The Morgan fingerprint density at radius 2 is 2.10 bits per heavy atom. The number of hydrogen-bond acceptors (Lipinski definition) is 2. The van der Waals surface area contributed by atoms with E-state index in [4.69, 9.17) is 5.73 Å². The van der Waals surface area contributed by atoms with Crippen molar-refractivity contribution in [2.45, 2.75) is 53.0 Å². The molecule has 20 heavy (non-hydrogen) atoms. The minimum atomic E-state index is -0.357. The third-order valence-electron chi connectivity index (χ3n) is 4.63. The topological polar surface area (TPSA) is 55.1 Å². The van der Waals surface area contributed by atoms with E-state index < -0.39 is 0 Å². The largest absolute Gasteiger partial charge is 0.382 e. The molecule has 110 valence electrons. The Labute approximate surface area is 121 Å². The fraction of sp³-hybridized carbons (Fsp3) is 0.588. The van der Waals surface area contributed by atoms with E-state index in [2.05, 4.69) is 26.1 Å². The van der Waals surface area contributed by atoms with Gasteiger partial charge in [-0.05, 0) is 55.2 Å². The van der Waals surface area contributed by atoms with E-state index in [0.29, 0.717) is 22.9 Å². The Morgan fingerprint density at radius 1 is 1.40 bits per heavy atom. The molecule has 2 atom stereocenters. The van der Waals surface area contributed by atoms with E-state index in [0.717, 1.165) is 11.3 Å². The van der Waals surface area contributed by atoms with Crippen LogP contribution in [0.25, 0.3) is 0 Å². The molecule has 1 saturated carbocycles. The summed E-state index contributed by atoms with van der Waals surface area (Å²) in [6.07, 6.45) is 3.65. The first kappa shape index (κ1) is 14.9. The molecule has 3 N–H and O–H groups in total. The number of nitrogens with two attached hydrogens (primary N) is 1. The molecule has 3 nitrogen and oxygen atoms in total. The SMILES string of the molecule is Cc1c(NC2CCC(C)(C)CC2C)cccc1C(N)=O. The van der Waals surface area contributed by atoms with Crippen LogP contribution in [0.2, 0.25) is 0 Å². The van der Waals surface area contributed by atoms with Crippen LogP contribution < -0.4 is 11.1 Å². The summed E-state index contributed by atoms with van der Waals surface area (Å²) >= 11 is 0. The van der Waals surface area contributed by atoms with Gasteiger partial charge in [-0.25, -0.2) is 0 Å². The van der Waals surface area contributed by atoms with E-state index in [9.17, 15) is 4.79 Å². The monoisotopic (exact) mass is 274 g/mol. The summed E-state index contributed by atoms with van der Waals surface area (Å²) in [6.45, 7) is 8.96. The van der Waals surface area contributed by atoms with Gasteiger partial charge >= 0.3 is 0 Å². The fourth-order valence-corrected chi connectivity index (χ4v) is 3.42. The zero-order valence-electron chi connectivity index (χ0n) is 13.0. The first-order valence-corrected chi connectivity index (χ1v) is 7.46. The van der Waals surface area contributed by atoms with Gasteiger partial charge in [-0.15, -0.1) is 0 Å². The maximum Gasteiger partial charge on any atom is 0.249 e.